The predicted octanol–water partition coefficient (Wildman–Crippen LogP) is 2.49. The second-order valence-electron chi connectivity index (χ2n) is 5.26. The number of rotatable bonds is 3. The number of ether oxygens (including phenoxy) is 1. The Hall–Kier alpha value is -0.580. The van der Waals surface area contributed by atoms with Crippen LogP contribution in [-0.4, -0.2) is 32.8 Å². The molecule has 106 valence electrons. The molecule has 1 fully saturated rings. The molecule has 1 aliphatic rings. The third kappa shape index (κ3) is 2.96. The zero-order chi connectivity index (χ0) is 14.0. The van der Waals surface area contributed by atoms with Crippen molar-refractivity contribution in [3.63, 3.8) is 0 Å². The molecule has 1 saturated heterocycles. The van der Waals surface area contributed by atoms with E-state index in [2.05, 4.69) is 47.3 Å². The van der Waals surface area contributed by atoms with Crippen LogP contribution in [0.25, 0.3) is 0 Å². The summed E-state index contributed by atoms with van der Waals surface area (Å²) in [5.41, 5.74) is 5.12. The molecule has 3 nitrogen and oxygen atoms in total. The number of hydrogen-bond acceptors (Lipinski definition) is 3. The number of benzene rings is 1. The van der Waals surface area contributed by atoms with Crippen LogP contribution in [0.15, 0.2) is 4.47 Å². The van der Waals surface area contributed by atoms with E-state index in [0.29, 0.717) is 6.04 Å². The molecule has 1 aliphatic heterocycles. The molecule has 2 N–H and O–H groups in total. The third-order valence-electron chi connectivity index (χ3n) is 4.07. The van der Waals surface area contributed by atoms with Gasteiger partial charge in [0.1, 0.15) is 5.75 Å². The van der Waals surface area contributed by atoms with Crippen molar-refractivity contribution in [2.75, 3.05) is 26.7 Å². The average molecular weight is 327 g/mol. The van der Waals surface area contributed by atoms with Crippen LogP contribution < -0.4 is 15.4 Å². The van der Waals surface area contributed by atoms with Crippen molar-refractivity contribution in [3.8, 4) is 5.75 Å². The van der Waals surface area contributed by atoms with Crippen LogP contribution in [0.4, 0.5) is 0 Å². The fourth-order valence-electron chi connectivity index (χ4n) is 2.77. The zero-order valence-corrected chi connectivity index (χ0v) is 13.8. The van der Waals surface area contributed by atoms with Gasteiger partial charge < -0.3 is 15.4 Å². The maximum absolute atomic E-state index is 5.67. The lowest BCUT2D eigenvalue weighted by molar-refractivity contribution is 0.387. The van der Waals surface area contributed by atoms with E-state index in [4.69, 9.17) is 4.74 Å². The summed E-state index contributed by atoms with van der Waals surface area (Å²) in [6.07, 6.45) is 1.00. The van der Waals surface area contributed by atoms with Crippen molar-refractivity contribution >= 4 is 15.9 Å². The highest BCUT2D eigenvalue weighted by Crippen LogP contribution is 2.36. The standard InChI is InChI=1S/C15H23BrN2O/c1-9-10(2)15(19-4)13(11(3)14(9)16)7-12-8-17-5-6-18-12/h12,17-18H,5-8H2,1-4H3. The Morgan fingerprint density at radius 2 is 1.89 bits per heavy atom. The molecule has 1 aromatic rings. The van der Waals surface area contributed by atoms with E-state index >= 15 is 0 Å². The molecule has 0 aliphatic carbocycles. The van der Waals surface area contributed by atoms with Gasteiger partial charge in [-0.1, -0.05) is 15.9 Å². The summed E-state index contributed by atoms with van der Waals surface area (Å²) in [6, 6.07) is 0.482. The molecule has 1 aromatic carbocycles. The topological polar surface area (TPSA) is 33.3 Å². The van der Waals surface area contributed by atoms with Gasteiger partial charge in [-0.25, -0.2) is 0 Å². The van der Waals surface area contributed by atoms with Gasteiger partial charge in [-0.3, -0.25) is 0 Å². The van der Waals surface area contributed by atoms with Crippen LogP contribution in [0.2, 0.25) is 0 Å². The third-order valence-corrected chi connectivity index (χ3v) is 5.26. The van der Waals surface area contributed by atoms with Crippen LogP contribution in [0.5, 0.6) is 5.75 Å². The highest BCUT2D eigenvalue weighted by atomic mass is 79.9. The Morgan fingerprint density at radius 1 is 1.16 bits per heavy atom. The predicted molar refractivity (Wildman–Crippen MR) is 83.3 cm³/mol. The summed E-state index contributed by atoms with van der Waals surface area (Å²) in [5, 5.41) is 7.00. The van der Waals surface area contributed by atoms with Gasteiger partial charge in [-0.15, -0.1) is 0 Å². The summed E-state index contributed by atoms with van der Waals surface area (Å²) in [6.45, 7) is 9.56. The summed E-state index contributed by atoms with van der Waals surface area (Å²) in [7, 11) is 1.77. The highest BCUT2D eigenvalue weighted by molar-refractivity contribution is 9.10. The second-order valence-corrected chi connectivity index (χ2v) is 6.05. The normalized spacial score (nSPS) is 19.5. The first-order valence-corrected chi connectivity index (χ1v) is 7.61. The van der Waals surface area contributed by atoms with Crippen molar-refractivity contribution in [3.05, 3.63) is 26.7 Å². The van der Waals surface area contributed by atoms with Crippen molar-refractivity contribution in [1.29, 1.82) is 0 Å². The maximum atomic E-state index is 5.67. The summed E-state index contributed by atoms with van der Waals surface area (Å²) in [5.74, 6) is 1.05. The first-order chi connectivity index (χ1) is 9.06. The molecule has 19 heavy (non-hydrogen) atoms. The molecule has 1 heterocycles. The van der Waals surface area contributed by atoms with E-state index in [1.165, 1.54) is 26.7 Å². The van der Waals surface area contributed by atoms with Crippen molar-refractivity contribution < 1.29 is 4.74 Å². The van der Waals surface area contributed by atoms with Crippen molar-refractivity contribution in [2.45, 2.75) is 33.2 Å². The van der Waals surface area contributed by atoms with Crippen LogP contribution in [-0.2, 0) is 6.42 Å². The van der Waals surface area contributed by atoms with E-state index in [1.807, 2.05) is 0 Å². The molecule has 0 radical (unpaired) electrons. The molecule has 1 unspecified atom stereocenters. The van der Waals surface area contributed by atoms with Crippen LogP contribution in [0, 0.1) is 20.8 Å². The number of piperazine rings is 1. The monoisotopic (exact) mass is 326 g/mol. The van der Waals surface area contributed by atoms with Gasteiger partial charge in [0, 0.05) is 35.7 Å². The molecular weight excluding hydrogens is 304 g/mol. The van der Waals surface area contributed by atoms with Crippen LogP contribution >= 0.6 is 15.9 Å². The zero-order valence-electron chi connectivity index (χ0n) is 12.2. The minimum Gasteiger partial charge on any atom is -0.496 e. The van der Waals surface area contributed by atoms with E-state index in [1.54, 1.807) is 7.11 Å². The molecule has 2 rings (SSSR count). The molecule has 0 spiro atoms. The number of hydrogen-bond donors (Lipinski definition) is 2. The van der Waals surface area contributed by atoms with Gasteiger partial charge in [0.2, 0.25) is 0 Å². The van der Waals surface area contributed by atoms with E-state index < -0.39 is 0 Å². The number of nitrogens with one attached hydrogen (secondary N) is 2. The quantitative estimate of drug-likeness (QED) is 0.895. The average Bonchev–Trinajstić information content (AvgIpc) is 2.44. The van der Waals surface area contributed by atoms with Crippen molar-refractivity contribution in [2.24, 2.45) is 0 Å². The molecule has 0 saturated carbocycles. The lowest BCUT2D eigenvalue weighted by atomic mass is 9.94. The number of halogens is 1. The summed E-state index contributed by atoms with van der Waals surface area (Å²) < 4.78 is 6.88. The van der Waals surface area contributed by atoms with E-state index in [0.717, 1.165) is 31.8 Å². The maximum Gasteiger partial charge on any atom is 0.125 e. The fourth-order valence-corrected chi connectivity index (χ4v) is 3.31. The molecule has 1 atom stereocenters. The number of methoxy groups -OCH3 is 1. The summed E-state index contributed by atoms with van der Waals surface area (Å²) in [4.78, 5) is 0. The minimum atomic E-state index is 0.482. The first kappa shape index (κ1) is 14.8. The van der Waals surface area contributed by atoms with Gasteiger partial charge in [-0.05, 0) is 43.9 Å². The Bertz CT molecular complexity index is 468. The van der Waals surface area contributed by atoms with Crippen molar-refractivity contribution in [1.82, 2.24) is 10.6 Å². The van der Waals surface area contributed by atoms with Gasteiger partial charge in [-0.2, -0.15) is 0 Å². The van der Waals surface area contributed by atoms with Crippen LogP contribution in [0.1, 0.15) is 22.3 Å². The molecule has 0 bridgehead atoms. The lowest BCUT2D eigenvalue weighted by Crippen LogP contribution is -2.49. The van der Waals surface area contributed by atoms with Gasteiger partial charge in [0.25, 0.3) is 0 Å². The highest BCUT2D eigenvalue weighted by Gasteiger charge is 2.21. The van der Waals surface area contributed by atoms with E-state index in [-0.39, 0.29) is 0 Å². The van der Waals surface area contributed by atoms with Gasteiger partial charge in [0.15, 0.2) is 0 Å². The Kier molecular flexibility index (Phi) is 4.87. The van der Waals surface area contributed by atoms with E-state index in [9.17, 15) is 0 Å². The Labute approximate surface area is 124 Å². The Balaban J connectivity index is 2.37. The largest absolute Gasteiger partial charge is 0.496 e. The molecule has 0 amide bonds. The lowest BCUT2D eigenvalue weighted by Gasteiger charge is -2.27. The summed E-state index contributed by atoms with van der Waals surface area (Å²) >= 11 is 3.72. The Morgan fingerprint density at radius 3 is 2.47 bits per heavy atom. The second kappa shape index (κ2) is 6.25. The van der Waals surface area contributed by atoms with Gasteiger partial charge in [0.05, 0.1) is 7.11 Å². The first-order valence-electron chi connectivity index (χ1n) is 6.82. The minimum absolute atomic E-state index is 0.482. The molecule has 4 heteroatoms. The fraction of sp³-hybridized carbons (Fsp3) is 0.600. The van der Waals surface area contributed by atoms with Crippen LogP contribution in [0.3, 0.4) is 0 Å². The molecule has 0 aromatic heterocycles. The smallest absolute Gasteiger partial charge is 0.125 e. The SMILES string of the molecule is COc1c(C)c(C)c(Br)c(C)c1CC1CNCCN1. The van der Waals surface area contributed by atoms with Gasteiger partial charge >= 0.3 is 0 Å². The molecular formula is C15H23BrN2O.